The Morgan fingerprint density at radius 2 is 1.83 bits per heavy atom. The van der Waals surface area contributed by atoms with Crippen LogP contribution in [0.5, 0.6) is 5.75 Å². The fourth-order valence-electron chi connectivity index (χ4n) is 5.27. The van der Waals surface area contributed by atoms with E-state index in [1.807, 2.05) is 24.3 Å². The highest BCUT2D eigenvalue weighted by Crippen LogP contribution is 2.28. The largest absolute Gasteiger partial charge is 0.508 e. The Bertz CT molecular complexity index is 1360. The Morgan fingerprint density at radius 1 is 1.09 bits per heavy atom. The molecule has 1 aliphatic heterocycles. The van der Waals surface area contributed by atoms with Gasteiger partial charge in [-0.3, -0.25) is 19.2 Å². The zero-order chi connectivity index (χ0) is 33.8. The fourth-order valence-corrected chi connectivity index (χ4v) is 5.27. The van der Waals surface area contributed by atoms with Crippen LogP contribution >= 0.6 is 0 Å². The maximum Gasteiger partial charge on any atom is 0.245 e. The Balaban J connectivity index is 1.89. The molecule has 0 fully saturated rings. The molecule has 0 saturated heterocycles. The molecule has 5 atom stereocenters. The second-order valence-electron chi connectivity index (χ2n) is 11.7. The first-order valence-electron chi connectivity index (χ1n) is 15.6. The van der Waals surface area contributed by atoms with Crippen molar-refractivity contribution in [3.63, 3.8) is 0 Å². The molecule has 2 aromatic rings. The van der Waals surface area contributed by atoms with Gasteiger partial charge in [-0.15, -0.1) is 0 Å². The SMILES string of the molecule is CN1C(=O)[C@H](C[C@@H](O)CN)NC(=O)C(N)Cc2cc(ccc2O)-c2cccc(c2)C[C@H]1C(=O)NCCC(=O)NC[C@@H](N)CCCN. The van der Waals surface area contributed by atoms with E-state index in [0.29, 0.717) is 18.5 Å². The van der Waals surface area contributed by atoms with Crippen LogP contribution in [0.1, 0.15) is 36.8 Å². The lowest BCUT2D eigenvalue weighted by Crippen LogP contribution is -2.58. The minimum Gasteiger partial charge on any atom is -0.508 e. The van der Waals surface area contributed by atoms with Crippen molar-refractivity contribution >= 4 is 23.6 Å². The Morgan fingerprint density at radius 3 is 2.54 bits per heavy atom. The van der Waals surface area contributed by atoms with Crippen LogP contribution in [0.2, 0.25) is 0 Å². The maximum atomic E-state index is 13.9. The van der Waals surface area contributed by atoms with Crippen LogP contribution in [0.4, 0.5) is 0 Å². The summed E-state index contributed by atoms with van der Waals surface area (Å²) in [7, 11) is 1.44. The molecule has 0 saturated carbocycles. The Labute approximate surface area is 269 Å². The predicted molar refractivity (Wildman–Crippen MR) is 174 cm³/mol. The van der Waals surface area contributed by atoms with Gasteiger partial charge in [0, 0.05) is 58.4 Å². The molecule has 0 spiro atoms. The summed E-state index contributed by atoms with van der Waals surface area (Å²) in [5, 5.41) is 28.9. The second kappa shape index (κ2) is 17.6. The van der Waals surface area contributed by atoms with Crippen molar-refractivity contribution in [2.45, 2.75) is 68.8 Å². The molecular weight excluding hydrogens is 592 g/mol. The number of nitrogens with one attached hydrogen (secondary N) is 3. The van der Waals surface area contributed by atoms with Crippen LogP contribution in [0.3, 0.4) is 0 Å². The van der Waals surface area contributed by atoms with E-state index in [-0.39, 0.29) is 63.0 Å². The third kappa shape index (κ3) is 10.5. The molecule has 0 aliphatic carbocycles. The summed E-state index contributed by atoms with van der Waals surface area (Å²) >= 11 is 0. The van der Waals surface area contributed by atoms with Crippen LogP contribution in [-0.2, 0) is 32.0 Å². The van der Waals surface area contributed by atoms with E-state index in [1.54, 1.807) is 12.1 Å². The lowest BCUT2D eigenvalue weighted by molar-refractivity contribution is -0.142. The molecule has 1 heterocycles. The lowest BCUT2D eigenvalue weighted by atomic mass is 9.95. The van der Waals surface area contributed by atoms with E-state index in [1.165, 1.54) is 18.0 Å². The van der Waals surface area contributed by atoms with Crippen LogP contribution in [0, 0.1) is 0 Å². The number of aliphatic hydroxyl groups excluding tert-OH is 1. The number of nitrogens with zero attached hydrogens (tertiary/aromatic N) is 1. The summed E-state index contributed by atoms with van der Waals surface area (Å²) in [6.07, 6.45) is 0.192. The van der Waals surface area contributed by atoms with E-state index in [0.717, 1.165) is 23.1 Å². The number of benzene rings is 2. The topological polar surface area (TPSA) is 252 Å². The first-order chi connectivity index (χ1) is 21.9. The molecule has 2 aromatic carbocycles. The Hall–Kier alpha value is -4.08. The van der Waals surface area contributed by atoms with E-state index < -0.39 is 42.0 Å². The zero-order valence-electron chi connectivity index (χ0n) is 26.3. The van der Waals surface area contributed by atoms with Crippen molar-refractivity contribution in [2.75, 3.05) is 33.2 Å². The second-order valence-corrected chi connectivity index (χ2v) is 11.7. The van der Waals surface area contributed by atoms with Crippen LogP contribution in [0.15, 0.2) is 42.5 Å². The van der Waals surface area contributed by atoms with Gasteiger partial charge in [-0.2, -0.15) is 0 Å². The van der Waals surface area contributed by atoms with E-state index >= 15 is 0 Å². The molecule has 14 heteroatoms. The number of hydrogen-bond acceptors (Lipinski definition) is 10. The highest BCUT2D eigenvalue weighted by Gasteiger charge is 2.34. The molecule has 1 unspecified atom stereocenters. The molecule has 4 amide bonds. The summed E-state index contributed by atoms with van der Waals surface area (Å²) < 4.78 is 0. The molecular formula is C32H48N8O6. The number of aromatic hydroxyl groups is 1. The number of phenols is 1. The molecule has 13 N–H and O–H groups in total. The minimum absolute atomic E-state index is 0.00232. The number of hydrogen-bond donors (Lipinski definition) is 9. The van der Waals surface area contributed by atoms with Crippen molar-refractivity contribution in [1.82, 2.24) is 20.9 Å². The van der Waals surface area contributed by atoms with E-state index in [2.05, 4.69) is 16.0 Å². The fraction of sp³-hybridized carbons (Fsp3) is 0.500. The van der Waals surface area contributed by atoms with E-state index in [4.69, 9.17) is 22.9 Å². The predicted octanol–water partition coefficient (Wildman–Crippen LogP) is -1.80. The molecule has 0 radical (unpaired) electrons. The Kier molecular flexibility index (Phi) is 13.9. The van der Waals surface area contributed by atoms with Gasteiger partial charge in [-0.25, -0.2) is 0 Å². The van der Waals surface area contributed by atoms with Gasteiger partial charge < -0.3 is 54.0 Å². The van der Waals surface area contributed by atoms with Gasteiger partial charge in [-0.1, -0.05) is 30.3 Å². The van der Waals surface area contributed by atoms with Crippen molar-refractivity contribution < 1.29 is 29.4 Å². The zero-order valence-corrected chi connectivity index (χ0v) is 26.3. The minimum atomic E-state index is -1.25. The lowest BCUT2D eigenvalue weighted by Gasteiger charge is -2.32. The first-order valence-corrected chi connectivity index (χ1v) is 15.6. The highest BCUT2D eigenvalue weighted by atomic mass is 16.3. The van der Waals surface area contributed by atoms with Gasteiger partial charge in [-0.05, 0) is 53.8 Å². The smallest absolute Gasteiger partial charge is 0.245 e. The molecule has 46 heavy (non-hydrogen) atoms. The average Bonchev–Trinajstić information content (AvgIpc) is 3.04. The first kappa shape index (κ1) is 36.4. The maximum absolute atomic E-state index is 13.9. The van der Waals surface area contributed by atoms with Crippen molar-refractivity contribution in [1.29, 1.82) is 0 Å². The molecule has 0 aromatic heterocycles. The van der Waals surface area contributed by atoms with E-state index in [9.17, 15) is 29.4 Å². The summed E-state index contributed by atoms with van der Waals surface area (Å²) in [6.45, 7) is 0.657. The van der Waals surface area contributed by atoms with Gasteiger partial charge in [0.25, 0.3) is 0 Å². The molecule has 14 nitrogen and oxygen atoms in total. The average molecular weight is 641 g/mol. The number of amides is 4. The molecule has 252 valence electrons. The third-order valence-electron chi connectivity index (χ3n) is 8.05. The highest BCUT2D eigenvalue weighted by molar-refractivity contribution is 5.93. The molecule has 4 bridgehead atoms. The van der Waals surface area contributed by atoms with Gasteiger partial charge in [0.2, 0.25) is 23.6 Å². The third-order valence-corrected chi connectivity index (χ3v) is 8.05. The number of likely N-dealkylation sites (N-methyl/N-ethyl adjacent to an activating group) is 1. The summed E-state index contributed by atoms with van der Waals surface area (Å²) in [5.41, 5.74) is 26.0. The number of fused-ring (bicyclic) bond motifs is 5. The summed E-state index contributed by atoms with van der Waals surface area (Å²) in [4.78, 5) is 54.2. The quantitative estimate of drug-likeness (QED) is 0.126. The molecule has 1 aliphatic rings. The number of carbonyl (C=O) groups excluding carboxylic acids is 4. The number of nitrogens with two attached hydrogens (primary N) is 4. The number of carbonyl (C=O) groups is 4. The monoisotopic (exact) mass is 640 g/mol. The van der Waals surface area contributed by atoms with Crippen molar-refractivity contribution in [3.8, 4) is 16.9 Å². The summed E-state index contributed by atoms with van der Waals surface area (Å²) in [6, 6.07) is 8.78. The standard InChI is InChI=1S/C32H48N8O6/c1-40-27(31(45)37-11-9-29(43)38-18-23(35)6-3-10-33)13-19-4-2-5-20(12-19)21-7-8-28(42)22(14-21)15-25(36)30(44)39-26(32(40)46)16-24(41)17-34/h2,4-5,7-8,12,14,23-27,41-42H,3,6,9-11,13,15-18,33-36H2,1H3,(H,37,45)(H,38,43)(H,39,44)/t23-,24+,25?,26-,27-/m0/s1. The van der Waals surface area contributed by atoms with Gasteiger partial charge in [0.1, 0.15) is 17.8 Å². The van der Waals surface area contributed by atoms with Crippen molar-refractivity contribution in [3.05, 3.63) is 53.6 Å². The normalized spacial score (nSPS) is 20.1. The number of phenolic OH excluding ortho intramolecular Hbond substituents is 1. The van der Waals surface area contributed by atoms with Crippen LogP contribution in [0.25, 0.3) is 11.1 Å². The van der Waals surface area contributed by atoms with Crippen LogP contribution in [-0.4, -0.2) is 102 Å². The van der Waals surface area contributed by atoms with Gasteiger partial charge in [0.05, 0.1) is 12.1 Å². The van der Waals surface area contributed by atoms with Crippen LogP contribution < -0.4 is 38.9 Å². The van der Waals surface area contributed by atoms with Gasteiger partial charge >= 0.3 is 0 Å². The number of aliphatic hydroxyl groups is 1. The van der Waals surface area contributed by atoms with Crippen molar-refractivity contribution in [2.24, 2.45) is 22.9 Å². The summed E-state index contributed by atoms with van der Waals surface area (Å²) in [5.74, 6) is -2.13. The van der Waals surface area contributed by atoms with Gasteiger partial charge in [0.15, 0.2) is 0 Å². The molecule has 3 rings (SSSR count). The number of rotatable bonds is 12.